The molecule has 3 nitrogen and oxygen atoms in total. The summed E-state index contributed by atoms with van der Waals surface area (Å²) in [4.78, 5) is 12.5. The number of fused-ring (bicyclic) bond motifs is 1. The Kier molecular flexibility index (Phi) is 4.71. The van der Waals surface area contributed by atoms with Crippen LogP contribution in [-0.4, -0.2) is 31.2 Å². The molecule has 3 heteroatoms. The SMILES string of the molecule is C=CCOCC#Cc1ccc(C2=C3[C@H](COC3(C)C)CC2=O)cc1. The number of hydrogen-bond acceptors (Lipinski definition) is 3. The van der Waals surface area contributed by atoms with E-state index in [-0.39, 0.29) is 17.3 Å². The van der Waals surface area contributed by atoms with E-state index >= 15 is 0 Å². The van der Waals surface area contributed by atoms with Gasteiger partial charge in [-0.1, -0.05) is 30.0 Å². The molecule has 0 saturated carbocycles. The van der Waals surface area contributed by atoms with Crippen molar-refractivity contribution in [1.82, 2.24) is 0 Å². The molecule has 0 amide bonds. The van der Waals surface area contributed by atoms with Crippen LogP contribution in [0.15, 0.2) is 42.5 Å². The summed E-state index contributed by atoms with van der Waals surface area (Å²) in [6.45, 7) is 9.21. The zero-order chi connectivity index (χ0) is 17.2. The summed E-state index contributed by atoms with van der Waals surface area (Å²) in [5, 5.41) is 0. The van der Waals surface area contributed by atoms with Gasteiger partial charge in [0.25, 0.3) is 0 Å². The number of carbonyl (C=O) groups excluding carboxylic acids is 1. The molecule has 1 aromatic rings. The molecular formula is C21H22O3. The van der Waals surface area contributed by atoms with E-state index in [1.54, 1.807) is 6.08 Å². The average molecular weight is 322 g/mol. The van der Waals surface area contributed by atoms with Gasteiger partial charge in [0, 0.05) is 23.5 Å². The molecule has 1 fully saturated rings. The molecule has 0 aromatic heterocycles. The minimum Gasteiger partial charge on any atom is -0.371 e. The third kappa shape index (κ3) is 3.21. The van der Waals surface area contributed by atoms with Crippen molar-refractivity contribution in [3.8, 4) is 11.8 Å². The molecule has 0 N–H and O–H groups in total. The van der Waals surface area contributed by atoms with Gasteiger partial charge in [-0.2, -0.15) is 0 Å². The first-order valence-corrected chi connectivity index (χ1v) is 8.22. The summed E-state index contributed by atoms with van der Waals surface area (Å²) in [5.74, 6) is 6.49. The van der Waals surface area contributed by atoms with Crippen molar-refractivity contribution in [2.75, 3.05) is 19.8 Å². The fraction of sp³-hybridized carbons (Fsp3) is 0.381. The Labute approximate surface area is 143 Å². The largest absolute Gasteiger partial charge is 0.371 e. The van der Waals surface area contributed by atoms with Gasteiger partial charge in [-0.3, -0.25) is 4.79 Å². The third-order valence-corrected chi connectivity index (χ3v) is 4.50. The lowest BCUT2D eigenvalue weighted by Crippen LogP contribution is -2.21. The van der Waals surface area contributed by atoms with E-state index in [0.717, 1.165) is 22.3 Å². The number of Topliss-reactive ketones (excluding diaryl/α,β-unsaturated/α-hetero) is 1. The highest BCUT2D eigenvalue weighted by atomic mass is 16.5. The summed E-state index contributed by atoms with van der Waals surface area (Å²) >= 11 is 0. The highest BCUT2D eigenvalue weighted by Crippen LogP contribution is 2.47. The average Bonchev–Trinajstić information content (AvgIpc) is 3.04. The predicted octanol–water partition coefficient (Wildman–Crippen LogP) is 3.39. The molecule has 0 radical (unpaired) electrons. The minimum atomic E-state index is -0.354. The van der Waals surface area contributed by atoms with Crippen molar-refractivity contribution in [2.45, 2.75) is 25.9 Å². The molecule has 0 bridgehead atoms. The molecule has 0 spiro atoms. The molecule has 2 aliphatic rings. The molecule has 0 unspecified atom stereocenters. The molecule has 3 rings (SSSR count). The van der Waals surface area contributed by atoms with Crippen LogP contribution in [0.25, 0.3) is 5.57 Å². The second-order valence-electron chi connectivity index (χ2n) is 6.62. The number of carbonyl (C=O) groups is 1. The van der Waals surface area contributed by atoms with Crippen LogP contribution < -0.4 is 0 Å². The van der Waals surface area contributed by atoms with Crippen LogP contribution in [0.1, 0.15) is 31.4 Å². The maximum atomic E-state index is 12.5. The van der Waals surface area contributed by atoms with Crippen LogP contribution in [0.5, 0.6) is 0 Å². The summed E-state index contributed by atoms with van der Waals surface area (Å²) in [5.41, 5.74) is 3.52. The zero-order valence-electron chi connectivity index (χ0n) is 14.2. The van der Waals surface area contributed by atoms with Crippen LogP contribution in [0.4, 0.5) is 0 Å². The maximum absolute atomic E-state index is 12.5. The predicted molar refractivity (Wildman–Crippen MR) is 94.4 cm³/mol. The monoisotopic (exact) mass is 322 g/mol. The van der Waals surface area contributed by atoms with Crippen molar-refractivity contribution < 1.29 is 14.3 Å². The van der Waals surface area contributed by atoms with Gasteiger partial charge in [0.15, 0.2) is 5.78 Å². The Morgan fingerprint density at radius 1 is 1.38 bits per heavy atom. The number of ketones is 1. The Morgan fingerprint density at radius 3 is 2.83 bits per heavy atom. The Bertz CT molecular complexity index is 742. The van der Waals surface area contributed by atoms with Crippen LogP contribution in [0, 0.1) is 17.8 Å². The number of hydrogen-bond donors (Lipinski definition) is 0. The van der Waals surface area contributed by atoms with E-state index in [4.69, 9.17) is 9.47 Å². The first kappa shape index (κ1) is 16.7. The normalized spacial score (nSPS) is 21.4. The van der Waals surface area contributed by atoms with E-state index < -0.39 is 0 Å². The van der Waals surface area contributed by atoms with Crippen LogP contribution in [0.3, 0.4) is 0 Å². The van der Waals surface area contributed by atoms with Crippen molar-refractivity contribution >= 4 is 11.4 Å². The van der Waals surface area contributed by atoms with E-state index in [0.29, 0.717) is 26.2 Å². The lowest BCUT2D eigenvalue weighted by Gasteiger charge is -2.21. The van der Waals surface area contributed by atoms with E-state index in [1.165, 1.54) is 0 Å². The van der Waals surface area contributed by atoms with Gasteiger partial charge in [0.1, 0.15) is 6.61 Å². The van der Waals surface area contributed by atoms with E-state index in [2.05, 4.69) is 18.4 Å². The highest BCUT2D eigenvalue weighted by molar-refractivity contribution is 6.24. The Hall–Kier alpha value is -2.15. The molecule has 1 atom stereocenters. The number of benzene rings is 1. The summed E-state index contributed by atoms with van der Waals surface area (Å²) in [7, 11) is 0. The fourth-order valence-corrected chi connectivity index (χ4v) is 3.47. The molecule has 24 heavy (non-hydrogen) atoms. The van der Waals surface area contributed by atoms with Crippen LogP contribution in [0.2, 0.25) is 0 Å². The van der Waals surface area contributed by atoms with E-state index in [9.17, 15) is 4.79 Å². The Balaban J connectivity index is 1.82. The van der Waals surface area contributed by atoms with Gasteiger partial charge in [-0.05, 0) is 37.1 Å². The van der Waals surface area contributed by atoms with Crippen molar-refractivity contribution in [3.05, 3.63) is 53.6 Å². The van der Waals surface area contributed by atoms with Crippen LogP contribution in [-0.2, 0) is 14.3 Å². The quantitative estimate of drug-likeness (QED) is 0.484. The second-order valence-corrected chi connectivity index (χ2v) is 6.62. The van der Waals surface area contributed by atoms with Gasteiger partial charge in [-0.15, -0.1) is 6.58 Å². The molecule has 124 valence electrons. The standard InChI is InChI=1S/C21H22O3/c1-4-11-23-12-5-6-15-7-9-16(10-8-15)19-18(22)13-17-14-24-21(2,3)20(17)19/h4,7-10,17H,1,11-14H2,2-3H3/t17-/m0/s1. The summed E-state index contributed by atoms with van der Waals surface area (Å²) in [6, 6.07) is 7.86. The Morgan fingerprint density at radius 2 is 2.12 bits per heavy atom. The number of rotatable bonds is 4. The number of allylic oxidation sites excluding steroid dienone is 1. The summed E-state index contributed by atoms with van der Waals surface area (Å²) < 4.78 is 11.1. The highest BCUT2D eigenvalue weighted by Gasteiger charge is 2.46. The number of ether oxygens (including phenoxy) is 2. The molecule has 1 heterocycles. The van der Waals surface area contributed by atoms with Crippen molar-refractivity contribution in [2.24, 2.45) is 5.92 Å². The van der Waals surface area contributed by atoms with Gasteiger partial charge in [0.2, 0.25) is 0 Å². The van der Waals surface area contributed by atoms with Gasteiger partial charge in [0.05, 0.1) is 18.8 Å². The summed E-state index contributed by atoms with van der Waals surface area (Å²) in [6.07, 6.45) is 2.27. The van der Waals surface area contributed by atoms with Gasteiger partial charge in [-0.25, -0.2) is 0 Å². The molecule has 1 aliphatic heterocycles. The van der Waals surface area contributed by atoms with Gasteiger partial charge < -0.3 is 9.47 Å². The van der Waals surface area contributed by atoms with Gasteiger partial charge >= 0.3 is 0 Å². The smallest absolute Gasteiger partial charge is 0.164 e. The topological polar surface area (TPSA) is 35.5 Å². The first-order chi connectivity index (χ1) is 11.5. The van der Waals surface area contributed by atoms with E-state index in [1.807, 2.05) is 38.1 Å². The van der Waals surface area contributed by atoms with Crippen LogP contribution >= 0.6 is 0 Å². The molecule has 1 aromatic carbocycles. The first-order valence-electron chi connectivity index (χ1n) is 8.22. The molecule has 1 aliphatic carbocycles. The van der Waals surface area contributed by atoms with Crippen molar-refractivity contribution in [1.29, 1.82) is 0 Å². The lowest BCUT2D eigenvalue weighted by atomic mass is 9.89. The lowest BCUT2D eigenvalue weighted by molar-refractivity contribution is -0.114. The minimum absolute atomic E-state index is 0.225. The fourth-order valence-electron chi connectivity index (χ4n) is 3.47. The third-order valence-electron chi connectivity index (χ3n) is 4.50. The molecule has 1 saturated heterocycles. The van der Waals surface area contributed by atoms with Crippen molar-refractivity contribution in [3.63, 3.8) is 0 Å². The maximum Gasteiger partial charge on any atom is 0.164 e. The zero-order valence-corrected chi connectivity index (χ0v) is 14.2. The molecular weight excluding hydrogens is 300 g/mol. The second kappa shape index (κ2) is 6.76.